The number of hydrogen-bond donors (Lipinski definition) is 7. The van der Waals surface area contributed by atoms with Gasteiger partial charge in [-0.2, -0.15) is 9.97 Å². The number of aromatic nitrogens is 8. The summed E-state index contributed by atoms with van der Waals surface area (Å²) in [5.74, 6) is 7.40. The molecule has 92 heavy (non-hydrogen) atoms. The molecule has 0 saturated carbocycles. The van der Waals surface area contributed by atoms with Gasteiger partial charge in [0.25, 0.3) is 0 Å². The summed E-state index contributed by atoms with van der Waals surface area (Å²) in [5.41, 5.74) is 40.2. The quantitative estimate of drug-likeness (QED) is 0.0152. The second-order valence-corrected chi connectivity index (χ2v) is 24.6. The van der Waals surface area contributed by atoms with E-state index in [0.717, 1.165) is 112 Å². The van der Waals surface area contributed by atoms with E-state index in [4.69, 9.17) is 92.4 Å². The van der Waals surface area contributed by atoms with Gasteiger partial charge in [-0.15, -0.1) is 34.0 Å². The Kier molecular flexibility index (Phi) is 28.0. The maximum Gasteiger partial charge on any atom is 0.225 e. The van der Waals surface area contributed by atoms with Gasteiger partial charge < -0.3 is 77.4 Å². The molecule has 9 rings (SSSR count). The van der Waals surface area contributed by atoms with E-state index in [0.29, 0.717) is 101 Å². The van der Waals surface area contributed by atoms with Crippen LogP contribution in [-0.2, 0) is 38.2 Å². The molecule has 0 spiro atoms. The second-order valence-electron chi connectivity index (χ2n) is 20.4. The molecule has 23 nitrogen and oxygen atoms in total. The number of thiazole rings is 3. The highest BCUT2D eigenvalue weighted by Crippen LogP contribution is 2.40. The molecule has 0 aliphatic heterocycles. The molecule has 492 valence electrons. The van der Waals surface area contributed by atoms with Crippen molar-refractivity contribution in [1.82, 2.24) is 39.9 Å². The summed E-state index contributed by atoms with van der Waals surface area (Å²) in [4.78, 5) is 38.6. The van der Waals surface area contributed by atoms with Crippen LogP contribution in [0.1, 0.15) is 112 Å². The van der Waals surface area contributed by atoms with Crippen molar-refractivity contribution in [3.05, 3.63) is 111 Å². The largest absolute Gasteiger partial charge is 0.493 e. The van der Waals surface area contributed by atoms with Crippen molar-refractivity contribution >= 4 is 80.8 Å². The summed E-state index contributed by atoms with van der Waals surface area (Å²) < 4.78 is 45.7. The second kappa shape index (κ2) is 36.4. The maximum absolute atomic E-state index is 9.08. The Hall–Kier alpha value is -8.63. The zero-order valence-corrected chi connectivity index (χ0v) is 56.7. The van der Waals surface area contributed by atoms with E-state index < -0.39 is 0 Å². The third-order valence-electron chi connectivity index (χ3n) is 12.9. The number of benzene rings is 3. The van der Waals surface area contributed by atoms with Gasteiger partial charge in [0, 0.05) is 61.3 Å². The molecule has 0 radical (unpaired) electrons. The number of nitrogens with zero attached hydrogens (tertiary/aromatic N) is 8. The Labute approximate surface area is 554 Å². The highest BCUT2D eigenvalue weighted by molar-refractivity contribution is 7.98. The monoisotopic (exact) mass is 1330 g/mol. The Bertz CT molecular complexity index is 3560. The molecule has 0 aliphatic rings. The number of aliphatic hydroxyl groups excluding tert-OH is 1. The van der Waals surface area contributed by atoms with Crippen LogP contribution in [0.4, 0.5) is 35.0 Å². The normalized spacial score (nSPS) is 10.8. The minimum absolute atomic E-state index is 0.0503. The fraction of sp³-hybridized carbons (Fsp3) is 0.385. The predicted molar refractivity (Wildman–Crippen MR) is 371 cm³/mol. The number of thioether (sulfide) groups is 1. The van der Waals surface area contributed by atoms with Crippen molar-refractivity contribution < 1.29 is 43.0 Å². The number of nitrogens with two attached hydrogens (primary N) is 6. The number of hydrogen-bond acceptors (Lipinski definition) is 27. The molecule has 0 saturated heterocycles. The molecule has 6 heterocycles. The summed E-state index contributed by atoms with van der Waals surface area (Å²) in [6.45, 7) is 15.3. The number of aliphatic hydroxyl groups is 1. The Morgan fingerprint density at radius 2 is 0.815 bits per heavy atom. The lowest BCUT2D eigenvalue weighted by atomic mass is 10.2. The van der Waals surface area contributed by atoms with Gasteiger partial charge in [-0.05, 0) is 93.1 Å². The van der Waals surface area contributed by atoms with Crippen LogP contribution in [0.3, 0.4) is 0 Å². The molecular weight excluding hydrogens is 1250 g/mol. The van der Waals surface area contributed by atoms with Crippen molar-refractivity contribution in [1.29, 1.82) is 0 Å². The van der Waals surface area contributed by atoms with Crippen molar-refractivity contribution in [3.8, 4) is 77.8 Å². The van der Waals surface area contributed by atoms with Gasteiger partial charge in [-0.1, -0.05) is 72.6 Å². The van der Waals surface area contributed by atoms with Gasteiger partial charge in [0.15, 0.2) is 39.7 Å². The van der Waals surface area contributed by atoms with Gasteiger partial charge in [0.2, 0.25) is 11.8 Å². The number of anilines is 6. The number of rotatable bonds is 32. The molecule has 0 amide bonds. The number of aryl methyl sites for hydroxylation is 3. The molecule has 6 aromatic heterocycles. The molecule has 3 aromatic carbocycles. The van der Waals surface area contributed by atoms with Crippen LogP contribution >= 0.6 is 45.8 Å². The topological polar surface area (TPSA) is 353 Å². The number of ether oxygens (including phenoxy) is 8. The fourth-order valence-electron chi connectivity index (χ4n) is 8.75. The third-order valence-corrected chi connectivity index (χ3v) is 17.4. The molecule has 0 aliphatic carbocycles. The molecular formula is C65H84N14O9S4. The highest BCUT2D eigenvalue weighted by Gasteiger charge is 2.20. The first-order valence-corrected chi connectivity index (χ1v) is 33.8. The van der Waals surface area contributed by atoms with Crippen molar-refractivity contribution in [2.24, 2.45) is 0 Å². The van der Waals surface area contributed by atoms with E-state index in [9.17, 15) is 0 Å². The lowest BCUT2D eigenvalue weighted by Crippen LogP contribution is -2.04. The van der Waals surface area contributed by atoms with Crippen LogP contribution in [0.2, 0.25) is 0 Å². The van der Waals surface area contributed by atoms with Gasteiger partial charge in [-0.25, -0.2) is 29.9 Å². The minimum Gasteiger partial charge on any atom is -0.493 e. The SMILES string of the molecule is CCCOc1cc(-c2nc(COc3cc(N)nc(N)c3)c(CCC)s2)ccc1OC.CCCOc1cc(-c2nc(COc3cc(N)nc(N)n3)c(CCC)s2)ccc1OC.CCCOc1cc(-c2nc(CSc3nc(N)cc(N)n3)c(CCC)s2)ccc1OCCO. The van der Waals surface area contributed by atoms with E-state index in [1.54, 1.807) is 72.5 Å². The number of nitrogen functional groups attached to an aromatic ring is 6. The van der Waals surface area contributed by atoms with Crippen LogP contribution in [0, 0.1) is 0 Å². The summed E-state index contributed by atoms with van der Waals surface area (Å²) in [7, 11) is 3.28. The maximum atomic E-state index is 9.08. The first-order valence-electron chi connectivity index (χ1n) is 30.4. The lowest BCUT2D eigenvalue weighted by molar-refractivity contribution is 0.193. The predicted octanol–water partition coefficient (Wildman–Crippen LogP) is 13.0. The molecule has 9 aromatic rings. The first kappa shape index (κ1) is 70.8. The Morgan fingerprint density at radius 1 is 0.402 bits per heavy atom. The van der Waals surface area contributed by atoms with Crippen LogP contribution in [0.15, 0.2) is 84.0 Å². The highest BCUT2D eigenvalue weighted by atomic mass is 32.2. The summed E-state index contributed by atoms with van der Waals surface area (Å²) >= 11 is 6.48. The lowest BCUT2D eigenvalue weighted by Gasteiger charge is -2.12. The molecule has 13 N–H and O–H groups in total. The minimum atomic E-state index is -0.0503. The Balaban J connectivity index is 0.000000196. The van der Waals surface area contributed by atoms with Crippen molar-refractivity contribution in [2.45, 2.75) is 123 Å². The van der Waals surface area contributed by atoms with Crippen LogP contribution < -0.4 is 72.3 Å². The van der Waals surface area contributed by atoms with Crippen LogP contribution in [0.5, 0.6) is 46.1 Å². The number of methoxy groups -OCH3 is 2. The van der Waals surface area contributed by atoms with E-state index in [1.807, 2.05) is 54.6 Å². The third kappa shape index (κ3) is 21.0. The standard InChI is InChI=1S/C22H29N5O3S2.C22H28N4O3S.C21H27N5O3S/c1-3-5-18-15(13-31-22-26-19(23)12-20(24)27-22)25-21(32-18)14-6-7-16(30-10-8-28)17(11-14)29-9-4-2;1-4-6-19-16(13-29-15-11-20(23)26-21(24)12-15)25-22(30-19)14-7-8-17(27-3)18(10-14)28-9-5-2;1-4-6-17-14(12-29-19-11-18(22)25-21(23)26-19)24-20(30-17)13-7-8-15(27-3)16(10-13)28-9-5-2/h6-7,11-12,28H,3-5,8-10,13H2,1-2H3,(H4,23,24,26,27);7-8,10-12H,4-6,9,13H2,1-3H3,(H4,23,24,26);7-8,10-11H,4-6,9,12H2,1-3H3,(H4,22,23,25,26). The van der Waals surface area contributed by atoms with Gasteiger partial charge in [-0.3, -0.25) is 0 Å². The summed E-state index contributed by atoms with van der Waals surface area (Å²) in [5, 5.41) is 12.4. The van der Waals surface area contributed by atoms with Gasteiger partial charge >= 0.3 is 0 Å². The zero-order chi connectivity index (χ0) is 65.9. The number of pyridine rings is 1. The zero-order valence-electron chi connectivity index (χ0n) is 53.4. The average Bonchev–Trinajstić information content (AvgIpc) is 1.77. The first-order chi connectivity index (χ1) is 44.6. The van der Waals surface area contributed by atoms with Crippen LogP contribution in [0.25, 0.3) is 31.7 Å². The van der Waals surface area contributed by atoms with Crippen molar-refractivity contribution in [3.63, 3.8) is 0 Å². The molecule has 0 fully saturated rings. The van der Waals surface area contributed by atoms with E-state index in [-0.39, 0.29) is 31.6 Å². The molecule has 0 bridgehead atoms. The Morgan fingerprint density at radius 3 is 1.26 bits per heavy atom. The summed E-state index contributed by atoms with van der Waals surface area (Å²) in [6.07, 6.45) is 8.60. The average molecular weight is 1330 g/mol. The molecule has 27 heteroatoms. The van der Waals surface area contributed by atoms with E-state index in [1.165, 1.54) is 26.4 Å². The molecule has 0 unspecified atom stereocenters. The molecule has 0 atom stereocenters. The smallest absolute Gasteiger partial charge is 0.225 e. The fourth-order valence-corrected chi connectivity index (χ4v) is 13.2. The van der Waals surface area contributed by atoms with Crippen molar-refractivity contribution in [2.75, 3.05) is 81.7 Å². The van der Waals surface area contributed by atoms with Gasteiger partial charge in [0.1, 0.15) is 69.7 Å². The van der Waals surface area contributed by atoms with Gasteiger partial charge in [0.05, 0.1) is 57.7 Å². The van der Waals surface area contributed by atoms with Crippen LogP contribution in [-0.4, -0.2) is 92.2 Å². The van der Waals surface area contributed by atoms with E-state index in [2.05, 4.69) is 66.5 Å². The summed E-state index contributed by atoms with van der Waals surface area (Å²) in [6, 6.07) is 24.0. The van der Waals surface area contributed by atoms with E-state index >= 15 is 0 Å².